The molecule has 1 amide bonds. The van der Waals surface area contributed by atoms with Crippen molar-refractivity contribution in [3.8, 4) is 0 Å². The number of fused-ring (bicyclic) bond motifs is 2. The van der Waals surface area contributed by atoms with Crippen molar-refractivity contribution in [3.05, 3.63) is 91.7 Å². The van der Waals surface area contributed by atoms with E-state index in [0.717, 1.165) is 12.1 Å². The van der Waals surface area contributed by atoms with Gasteiger partial charge in [0.1, 0.15) is 16.9 Å². The molecule has 2 aliphatic rings. The fourth-order valence-corrected chi connectivity index (χ4v) is 4.95. The molecule has 0 fully saturated rings. The first-order chi connectivity index (χ1) is 15.0. The van der Waals surface area contributed by atoms with Gasteiger partial charge in [-0.2, -0.15) is 5.10 Å². The molecule has 158 valence electrons. The van der Waals surface area contributed by atoms with Crippen LogP contribution in [-0.2, 0) is 17.8 Å². The van der Waals surface area contributed by atoms with E-state index < -0.39 is 6.04 Å². The Hall–Kier alpha value is -2.47. The number of carbonyl (C=O) groups excluding carboxylic acids is 1. The fourth-order valence-electron chi connectivity index (χ4n) is 4.36. The molecule has 0 bridgehead atoms. The van der Waals surface area contributed by atoms with E-state index in [-0.39, 0.29) is 5.91 Å². The number of anilines is 1. The van der Waals surface area contributed by atoms with E-state index in [0.29, 0.717) is 45.1 Å². The van der Waals surface area contributed by atoms with Gasteiger partial charge in [0.2, 0.25) is 0 Å². The molecule has 1 unspecified atom stereocenters. The summed E-state index contributed by atoms with van der Waals surface area (Å²) in [6.45, 7) is 3.09. The van der Waals surface area contributed by atoms with Crippen LogP contribution in [0.15, 0.2) is 59.9 Å². The van der Waals surface area contributed by atoms with E-state index in [4.69, 9.17) is 34.8 Å². The maximum atomic E-state index is 13.8. The average Bonchev–Trinajstić information content (AvgIpc) is 3.14. The first kappa shape index (κ1) is 20.4. The molecule has 0 spiro atoms. The van der Waals surface area contributed by atoms with Crippen LogP contribution in [0.5, 0.6) is 0 Å². The smallest absolute Gasteiger partial charge is 0.254 e. The number of allylic oxidation sites excluding steroid dienone is 1. The van der Waals surface area contributed by atoms with Gasteiger partial charge in [-0.1, -0.05) is 71.2 Å². The molecule has 8 heteroatoms. The number of benzene rings is 2. The number of rotatable bonds is 2. The first-order valence-corrected chi connectivity index (χ1v) is 11.1. The number of hydrogen-bond acceptors (Lipinski definition) is 3. The van der Waals surface area contributed by atoms with Gasteiger partial charge in [0.05, 0.1) is 21.8 Å². The Balaban J connectivity index is 1.60. The quantitative estimate of drug-likeness (QED) is 0.518. The van der Waals surface area contributed by atoms with Crippen molar-refractivity contribution in [1.82, 2.24) is 14.7 Å². The zero-order valence-corrected chi connectivity index (χ0v) is 19.0. The molecule has 0 radical (unpaired) electrons. The highest BCUT2D eigenvalue weighted by Gasteiger charge is 2.37. The number of hydrogen-bond donors (Lipinski definition) is 1. The minimum Gasteiger partial charge on any atom is -0.342 e. The SMILES string of the molecule is CC1=C(C(=O)N2CCc3ccccc3C2)C(c2cccc(Cl)c2Cl)n2ncc(Cl)c2N1. The fraction of sp³-hybridized carbons (Fsp3) is 0.217. The van der Waals surface area contributed by atoms with Crippen molar-refractivity contribution in [2.24, 2.45) is 0 Å². The van der Waals surface area contributed by atoms with Gasteiger partial charge in [-0.05, 0) is 30.5 Å². The van der Waals surface area contributed by atoms with Crippen LogP contribution >= 0.6 is 34.8 Å². The largest absolute Gasteiger partial charge is 0.342 e. The Morgan fingerprint density at radius 2 is 1.84 bits per heavy atom. The highest BCUT2D eigenvalue weighted by atomic mass is 35.5. The van der Waals surface area contributed by atoms with Crippen molar-refractivity contribution in [1.29, 1.82) is 0 Å². The number of nitrogens with one attached hydrogen (secondary N) is 1. The Labute approximate surface area is 195 Å². The van der Waals surface area contributed by atoms with E-state index in [2.05, 4.69) is 22.5 Å². The number of amides is 1. The lowest BCUT2D eigenvalue weighted by Crippen LogP contribution is -2.41. The van der Waals surface area contributed by atoms with Crippen LogP contribution in [0.1, 0.15) is 29.7 Å². The molecule has 1 atom stereocenters. The molecule has 1 N–H and O–H groups in total. The predicted molar refractivity (Wildman–Crippen MR) is 124 cm³/mol. The molecule has 5 rings (SSSR count). The van der Waals surface area contributed by atoms with Crippen LogP contribution in [0.25, 0.3) is 0 Å². The summed E-state index contributed by atoms with van der Waals surface area (Å²) < 4.78 is 1.71. The van der Waals surface area contributed by atoms with Crippen molar-refractivity contribution >= 4 is 46.5 Å². The minimum absolute atomic E-state index is 0.0576. The molecule has 0 saturated heterocycles. The zero-order valence-electron chi connectivity index (χ0n) is 16.7. The molecule has 3 heterocycles. The van der Waals surface area contributed by atoms with Gasteiger partial charge in [-0.25, -0.2) is 4.68 Å². The van der Waals surface area contributed by atoms with Crippen LogP contribution in [-0.4, -0.2) is 27.1 Å². The van der Waals surface area contributed by atoms with Crippen LogP contribution < -0.4 is 5.32 Å². The van der Waals surface area contributed by atoms with Gasteiger partial charge in [0.15, 0.2) is 0 Å². The second kappa shape index (κ2) is 7.90. The van der Waals surface area contributed by atoms with Crippen LogP contribution in [0, 0.1) is 0 Å². The molecule has 2 aromatic carbocycles. The maximum absolute atomic E-state index is 13.8. The summed E-state index contributed by atoms with van der Waals surface area (Å²) >= 11 is 19.3. The minimum atomic E-state index is -0.542. The summed E-state index contributed by atoms with van der Waals surface area (Å²) in [4.78, 5) is 15.7. The first-order valence-electron chi connectivity index (χ1n) is 9.96. The third kappa shape index (κ3) is 3.41. The summed E-state index contributed by atoms with van der Waals surface area (Å²) in [7, 11) is 0. The molecular formula is C23H19Cl3N4O. The normalized spacial score (nSPS) is 17.8. The third-order valence-corrected chi connectivity index (χ3v) is 7.01. The maximum Gasteiger partial charge on any atom is 0.254 e. The molecular weight excluding hydrogens is 455 g/mol. The summed E-state index contributed by atoms with van der Waals surface area (Å²) in [6.07, 6.45) is 2.39. The average molecular weight is 474 g/mol. The Morgan fingerprint density at radius 1 is 1.06 bits per heavy atom. The molecule has 0 saturated carbocycles. The summed E-state index contributed by atoms with van der Waals surface area (Å²) in [5.74, 6) is 0.568. The molecule has 2 aliphatic heterocycles. The molecule has 3 aromatic rings. The standard InChI is InChI=1S/C23H19Cl3N4O/c1-13-19(23(31)29-10-9-14-5-2-3-6-15(14)12-29)21(16-7-4-8-17(24)20(16)26)30-22(28-13)18(25)11-27-30/h2-8,11,21,28H,9-10,12H2,1H3. The lowest BCUT2D eigenvalue weighted by molar-refractivity contribution is -0.128. The Kier molecular flexibility index (Phi) is 5.21. The van der Waals surface area contributed by atoms with Gasteiger partial charge >= 0.3 is 0 Å². The summed E-state index contributed by atoms with van der Waals surface area (Å²) in [5.41, 5.74) is 4.46. The van der Waals surface area contributed by atoms with Crippen molar-refractivity contribution < 1.29 is 4.79 Å². The number of halogens is 3. The van der Waals surface area contributed by atoms with E-state index in [1.54, 1.807) is 16.9 Å². The van der Waals surface area contributed by atoms with E-state index in [9.17, 15) is 4.79 Å². The second-order valence-corrected chi connectivity index (χ2v) is 8.93. The van der Waals surface area contributed by atoms with E-state index >= 15 is 0 Å². The Morgan fingerprint density at radius 3 is 2.65 bits per heavy atom. The summed E-state index contributed by atoms with van der Waals surface area (Å²) in [6, 6.07) is 13.1. The number of aromatic nitrogens is 2. The predicted octanol–water partition coefficient (Wildman–Crippen LogP) is 5.72. The molecule has 1 aromatic heterocycles. The zero-order chi connectivity index (χ0) is 21.7. The molecule has 5 nitrogen and oxygen atoms in total. The number of nitrogens with zero attached hydrogens (tertiary/aromatic N) is 3. The van der Waals surface area contributed by atoms with Gasteiger partial charge in [0, 0.05) is 24.4 Å². The molecule has 31 heavy (non-hydrogen) atoms. The highest BCUT2D eigenvalue weighted by molar-refractivity contribution is 6.42. The van der Waals surface area contributed by atoms with E-state index in [1.807, 2.05) is 36.1 Å². The van der Waals surface area contributed by atoms with Gasteiger partial charge in [-0.3, -0.25) is 4.79 Å². The third-order valence-electron chi connectivity index (χ3n) is 5.90. The van der Waals surface area contributed by atoms with Crippen molar-refractivity contribution in [3.63, 3.8) is 0 Å². The second-order valence-electron chi connectivity index (χ2n) is 7.74. The monoisotopic (exact) mass is 472 g/mol. The Bertz CT molecular complexity index is 1230. The van der Waals surface area contributed by atoms with Gasteiger partial charge in [0.25, 0.3) is 5.91 Å². The topological polar surface area (TPSA) is 50.2 Å². The highest BCUT2D eigenvalue weighted by Crippen LogP contribution is 2.43. The van der Waals surface area contributed by atoms with Crippen LogP contribution in [0.4, 0.5) is 5.82 Å². The van der Waals surface area contributed by atoms with Gasteiger partial charge in [-0.15, -0.1) is 0 Å². The van der Waals surface area contributed by atoms with Crippen LogP contribution in [0.2, 0.25) is 15.1 Å². The lowest BCUT2D eigenvalue weighted by Gasteiger charge is -2.35. The van der Waals surface area contributed by atoms with E-state index in [1.165, 1.54) is 11.1 Å². The lowest BCUT2D eigenvalue weighted by atomic mass is 9.92. The summed E-state index contributed by atoms with van der Waals surface area (Å²) in [5, 5.41) is 9.00. The van der Waals surface area contributed by atoms with Crippen molar-refractivity contribution in [2.45, 2.75) is 25.9 Å². The molecule has 0 aliphatic carbocycles. The van der Waals surface area contributed by atoms with Crippen molar-refractivity contribution in [2.75, 3.05) is 11.9 Å². The number of carbonyl (C=O) groups is 1. The van der Waals surface area contributed by atoms with Crippen LogP contribution in [0.3, 0.4) is 0 Å². The van der Waals surface area contributed by atoms with Gasteiger partial charge < -0.3 is 10.2 Å².